The molecule has 0 heterocycles. The lowest BCUT2D eigenvalue weighted by molar-refractivity contribution is -0.120. The van der Waals surface area contributed by atoms with Crippen LogP contribution in [-0.2, 0) is 4.79 Å². The molecule has 0 radical (unpaired) electrons. The van der Waals surface area contributed by atoms with E-state index in [2.05, 4.69) is 0 Å². The van der Waals surface area contributed by atoms with E-state index in [1.54, 1.807) is 0 Å². The number of ketones is 1. The Morgan fingerprint density at radius 3 is 1.45 bits per heavy atom. The Balaban J connectivity index is 0. The topological polar surface area (TPSA) is 57.5 Å². The Labute approximate surface area is 68.0 Å². The Morgan fingerprint density at radius 2 is 1.27 bits per heavy atom. The molecule has 1 aliphatic carbocycles. The molecule has 2 N–H and O–H groups in total. The van der Waals surface area contributed by atoms with Crippen LogP contribution in [0.1, 0.15) is 32.1 Å². The fourth-order valence-corrected chi connectivity index (χ4v) is 0.946. The summed E-state index contributed by atoms with van der Waals surface area (Å²) in [6.45, 7) is 0. The van der Waals surface area contributed by atoms with E-state index in [4.69, 9.17) is 10.2 Å². The van der Waals surface area contributed by atoms with Gasteiger partial charge in [-0.25, -0.2) is 0 Å². The summed E-state index contributed by atoms with van der Waals surface area (Å²) in [4.78, 5) is 10.5. The van der Waals surface area contributed by atoms with E-state index in [0.717, 1.165) is 39.9 Å². The lowest BCUT2D eigenvalue weighted by Crippen LogP contribution is -2.02. The molecule has 1 saturated carbocycles. The van der Waals surface area contributed by atoms with Gasteiger partial charge in [-0.1, -0.05) is 6.42 Å². The Morgan fingerprint density at radius 1 is 0.909 bits per heavy atom. The van der Waals surface area contributed by atoms with Gasteiger partial charge in [0.1, 0.15) is 5.78 Å². The predicted molar refractivity (Wildman–Crippen MR) is 44.4 cm³/mol. The van der Waals surface area contributed by atoms with Crippen LogP contribution >= 0.6 is 0 Å². The van der Waals surface area contributed by atoms with E-state index in [9.17, 15) is 4.79 Å². The standard InChI is InChI=1S/C6H10O.2CH4O/c7-6-4-2-1-3-5-6;2*1-2/h1-5H2;2*2H,1H3. The van der Waals surface area contributed by atoms with Crippen molar-refractivity contribution in [1.29, 1.82) is 0 Å². The SMILES string of the molecule is CO.CO.O=C1CCCCC1. The number of aliphatic hydroxyl groups is 2. The van der Waals surface area contributed by atoms with Crippen molar-refractivity contribution in [2.24, 2.45) is 0 Å². The van der Waals surface area contributed by atoms with E-state index < -0.39 is 0 Å². The summed E-state index contributed by atoms with van der Waals surface area (Å²) in [7, 11) is 2.00. The van der Waals surface area contributed by atoms with Crippen molar-refractivity contribution >= 4 is 5.78 Å². The number of aliphatic hydroxyl groups excluding tert-OH is 2. The highest BCUT2D eigenvalue weighted by Gasteiger charge is 2.05. The summed E-state index contributed by atoms with van der Waals surface area (Å²) in [6, 6.07) is 0. The van der Waals surface area contributed by atoms with E-state index in [1.165, 1.54) is 6.42 Å². The van der Waals surface area contributed by atoms with Crippen molar-refractivity contribution < 1.29 is 15.0 Å². The lowest BCUT2D eigenvalue weighted by Gasteiger charge is -2.05. The van der Waals surface area contributed by atoms with Gasteiger partial charge in [-0.3, -0.25) is 4.79 Å². The minimum atomic E-state index is 0.464. The van der Waals surface area contributed by atoms with Gasteiger partial charge in [0.05, 0.1) is 0 Å². The minimum absolute atomic E-state index is 0.464. The maximum atomic E-state index is 10.5. The zero-order valence-corrected chi connectivity index (χ0v) is 7.34. The van der Waals surface area contributed by atoms with Crippen LogP contribution in [0.4, 0.5) is 0 Å². The number of hydrogen-bond donors (Lipinski definition) is 2. The molecular weight excluding hydrogens is 144 g/mol. The number of carbonyl (C=O) groups excluding carboxylic acids is 1. The molecule has 0 amide bonds. The van der Waals surface area contributed by atoms with E-state index in [0.29, 0.717) is 5.78 Å². The first-order valence-electron chi connectivity index (χ1n) is 3.81. The number of rotatable bonds is 0. The average molecular weight is 162 g/mol. The zero-order valence-electron chi connectivity index (χ0n) is 7.34. The highest BCUT2D eigenvalue weighted by Crippen LogP contribution is 2.12. The smallest absolute Gasteiger partial charge is 0.132 e. The molecule has 3 nitrogen and oxygen atoms in total. The van der Waals surface area contributed by atoms with Gasteiger partial charge in [0.25, 0.3) is 0 Å². The first-order valence-corrected chi connectivity index (χ1v) is 3.81. The summed E-state index contributed by atoms with van der Waals surface area (Å²) in [5.74, 6) is 0.464. The van der Waals surface area contributed by atoms with Gasteiger partial charge >= 0.3 is 0 Å². The van der Waals surface area contributed by atoms with Crippen molar-refractivity contribution in [3.63, 3.8) is 0 Å². The third-order valence-electron chi connectivity index (χ3n) is 1.41. The predicted octanol–water partition coefficient (Wildman–Crippen LogP) is 0.737. The Bertz CT molecular complexity index is 73.4. The molecule has 0 aromatic rings. The van der Waals surface area contributed by atoms with Gasteiger partial charge in [0.2, 0.25) is 0 Å². The molecule has 0 atom stereocenters. The zero-order chi connectivity index (χ0) is 9.11. The van der Waals surface area contributed by atoms with Gasteiger partial charge in [0, 0.05) is 27.1 Å². The first-order chi connectivity index (χ1) is 5.39. The third kappa shape index (κ3) is 9.59. The second-order valence-corrected chi connectivity index (χ2v) is 2.10. The summed E-state index contributed by atoms with van der Waals surface area (Å²) < 4.78 is 0. The number of carbonyl (C=O) groups is 1. The van der Waals surface area contributed by atoms with Crippen LogP contribution in [0.5, 0.6) is 0 Å². The average Bonchev–Trinajstić information content (AvgIpc) is 2.13. The van der Waals surface area contributed by atoms with Crippen molar-refractivity contribution in [2.75, 3.05) is 14.2 Å². The Hall–Kier alpha value is -0.410. The van der Waals surface area contributed by atoms with Crippen LogP contribution in [-0.4, -0.2) is 30.2 Å². The number of hydrogen-bond acceptors (Lipinski definition) is 3. The summed E-state index contributed by atoms with van der Waals surface area (Å²) in [6.07, 6.45) is 5.24. The molecule has 68 valence electrons. The second-order valence-electron chi connectivity index (χ2n) is 2.10. The molecule has 0 saturated heterocycles. The fraction of sp³-hybridized carbons (Fsp3) is 0.875. The molecule has 3 heteroatoms. The molecule has 0 aromatic heterocycles. The van der Waals surface area contributed by atoms with Crippen LogP contribution in [0.3, 0.4) is 0 Å². The maximum Gasteiger partial charge on any atom is 0.132 e. The molecule has 1 aliphatic rings. The molecule has 1 rings (SSSR count). The van der Waals surface area contributed by atoms with Crippen LogP contribution in [0, 0.1) is 0 Å². The monoisotopic (exact) mass is 162 g/mol. The van der Waals surface area contributed by atoms with Gasteiger partial charge in [0.15, 0.2) is 0 Å². The normalized spacial score (nSPS) is 15.5. The molecule has 0 bridgehead atoms. The minimum Gasteiger partial charge on any atom is -0.400 e. The molecule has 0 aliphatic heterocycles. The number of Topliss-reactive ketones (excluding diaryl/α,β-unsaturated/α-hetero) is 1. The van der Waals surface area contributed by atoms with Crippen LogP contribution < -0.4 is 0 Å². The molecule has 0 aromatic carbocycles. The summed E-state index contributed by atoms with van der Waals surface area (Å²) in [5, 5.41) is 14.0. The highest BCUT2D eigenvalue weighted by molar-refractivity contribution is 5.78. The molecule has 1 fully saturated rings. The fourth-order valence-electron chi connectivity index (χ4n) is 0.946. The summed E-state index contributed by atoms with van der Waals surface area (Å²) >= 11 is 0. The maximum absolute atomic E-state index is 10.5. The van der Waals surface area contributed by atoms with Crippen LogP contribution in [0.2, 0.25) is 0 Å². The third-order valence-corrected chi connectivity index (χ3v) is 1.41. The lowest BCUT2D eigenvalue weighted by atomic mass is 10.00. The molecule has 0 spiro atoms. The van der Waals surface area contributed by atoms with E-state index in [1.807, 2.05) is 0 Å². The van der Waals surface area contributed by atoms with E-state index >= 15 is 0 Å². The van der Waals surface area contributed by atoms with Gasteiger partial charge < -0.3 is 10.2 Å². The van der Waals surface area contributed by atoms with Gasteiger partial charge in [-0.2, -0.15) is 0 Å². The molecule has 11 heavy (non-hydrogen) atoms. The molecule has 0 unspecified atom stereocenters. The van der Waals surface area contributed by atoms with Crippen molar-refractivity contribution in [3.05, 3.63) is 0 Å². The van der Waals surface area contributed by atoms with Gasteiger partial charge in [-0.15, -0.1) is 0 Å². The van der Waals surface area contributed by atoms with Crippen molar-refractivity contribution in [2.45, 2.75) is 32.1 Å². The van der Waals surface area contributed by atoms with Crippen molar-refractivity contribution in [3.8, 4) is 0 Å². The largest absolute Gasteiger partial charge is 0.400 e. The van der Waals surface area contributed by atoms with Crippen molar-refractivity contribution in [1.82, 2.24) is 0 Å². The summed E-state index contributed by atoms with van der Waals surface area (Å²) in [5.41, 5.74) is 0. The Kier molecular flexibility index (Phi) is 14.7. The quantitative estimate of drug-likeness (QED) is 0.552. The second kappa shape index (κ2) is 12.3. The van der Waals surface area contributed by atoms with Crippen LogP contribution in [0.15, 0.2) is 0 Å². The van der Waals surface area contributed by atoms with E-state index in [-0.39, 0.29) is 0 Å². The highest BCUT2D eigenvalue weighted by atomic mass is 16.2. The first kappa shape index (κ1) is 13.2. The molecular formula is C8H18O3. The van der Waals surface area contributed by atoms with Gasteiger partial charge in [-0.05, 0) is 12.8 Å². The van der Waals surface area contributed by atoms with Crippen LogP contribution in [0.25, 0.3) is 0 Å².